The van der Waals surface area contributed by atoms with Crippen molar-refractivity contribution in [3.63, 3.8) is 0 Å². The molecule has 5 nitrogen and oxygen atoms in total. The summed E-state index contributed by atoms with van der Waals surface area (Å²) in [4.78, 5) is 4.02. The van der Waals surface area contributed by atoms with Crippen LogP contribution in [0.2, 0.25) is 0 Å². The number of nitrogens with zero attached hydrogens (tertiary/aromatic N) is 1. The van der Waals surface area contributed by atoms with Gasteiger partial charge in [0, 0.05) is 30.7 Å². The van der Waals surface area contributed by atoms with Crippen molar-refractivity contribution >= 4 is 11.9 Å². The van der Waals surface area contributed by atoms with E-state index in [1.165, 1.54) is 6.21 Å². The highest BCUT2D eigenvalue weighted by atomic mass is 16.5. The van der Waals surface area contributed by atoms with E-state index in [9.17, 15) is 0 Å². The van der Waals surface area contributed by atoms with Gasteiger partial charge >= 0.3 is 0 Å². The summed E-state index contributed by atoms with van der Waals surface area (Å²) in [6, 6.07) is 18.7. The number of aromatic nitrogens is 1. The van der Waals surface area contributed by atoms with E-state index < -0.39 is 0 Å². The molecule has 0 bridgehead atoms. The van der Waals surface area contributed by atoms with E-state index >= 15 is 0 Å². The number of pyridine rings is 1. The quantitative estimate of drug-likeness (QED) is 0.527. The van der Waals surface area contributed by atoms with Gasteiger partial charge in [-0.15, -0.1) is 0 Å². The van der Waals surface area contributed by atoms with Crippen LogP contribution >= 0.6 is 0 Å². The highest BCUT2D eigenvalue weighted by molar-refractivity contribution is 6.04. The van der Waals surface area contributed by atoms with Gasteiger partial charge in [0.2, 0.25) is 0 Å². The van der Waals surface area contributed by atoms with E-state index in [-0.39, 0.29) is 6.10 Å². The molecule has 0 aliphatic rings. The summed E-state index contributed by atoms with van der Waals surface area (Å²) in [5.74, 6) is 2.17. The summed E-state index contributed by atoms with van der Waals surface area (Å²) in [6.45, 7) is 2.00. The summed E-state index contributed by atoms with van der Waals surface area (Å²) in [7, 11) is 0. The number of benzene rings is 2. The van der Waals surface area contributed by atoms with Gasteiger partial charge in [0.25, 0.3) is 0 Å². The molecule has 3 aromatic rings. The predicted molar refractivity (Wildman–Crippen MR) is 106 cm³/mol. The molecule has 1 aromatic heterocycles. The molecule has 136 valence electrons. The van der Waals surface area contributed by atoms with E-state index in [4.69, 9.17) is 20.3 Å². The van der Waals surface area contributed by atoms with Gasteiger partial charge in [-0.3, -0.25) is 4.98 Å². The second-order valence-corrected chi connectivity index (χ2v) is 6.03. The average Bonchev–Trinajstić information content (AvgIpc) is 2.71. The lowest BCUT2D eigenvalue weighted by atomic mass is 10.1. The van der Waals surface area contributed by atoms with E-state index in [1.54, 1.807) is 12.4 Å². The molecule has 0 spiro atoms. The lowest BCUT2D eigenvalue weighted by molar-refractivity contribution is 0.226. The molecule has 0 saturated heterocycles. The van der Waals surface area contributed by atoms with Crippen LogP contribution in [0.1, 0.15) is 30.6 Å². The van der Waals surface area contributed by atoms with Crippen molar-refractivity contribution in [3.05, 3.63) is 84.2 Å². The van der Waals surface area contributed by atoms with Gasteiger partial charge < -0.3 is 20.3 Å². The van der Waals surface area contributed by atoms with Crippen molar-refractivity contribution in [2.75, 3.05) is 0 Å². The number of nitrogens with one attached hydrogen (secondary N) is 2. The maximum absolute atomic E-state index is 7.85. The highest BCUT2D eigenvalue weighted by Gasteiger charge is 2.07. The summed E-state index contributed by atoms with van der Waals surface area (Å²) in [6.07, 6.45) is 5.00. The second kappa shape index (κ2) is 8.76. The first-order valence-electron chi connectivity index (χ1n) is 8.67. The number of ether oxygens (including phenoxy) is 2. The third-order valence-electron chi connectivity index (χ3n) is 4.06. The molecular formula is C22H21N3O2. The van der Waals surface area contributed by atoms with Crippen molar-refractivity contribution in [1.82, 2.24) is 4.98 Å². The average molecular weight is 359 g/mol. The molecule has 1 unspecified atom stereocenters. The van der Waals surface area contributed by atoms with Crippen molar-refractivity contribution in [2.45, 2.75) is 19.4 Å². The van der Waals surface area contributed by atoms with Crippen molar-refractivity contribution < 1.29 is 9.47 Å². The Morgan fingerprint density at radius 1 is 0.926 bits per heavy atom. The molecule has 0 amide bonds. The zero-order chi connectivity index (χ0) is 19.1. The van der Waals surface area contributed by atoms with Gasteiger partial charge in [-0.25, -0.2) is 0 Å². The van der Waals surface area contributed by atoms with Gasteiger partial charge in [0.05, 0.1) is 0 Å². The van der Waals surface area contributed by atoms with Gasteiger partial charge in [-0.1, -0.05) is 0 Å². The van der Waals surface area contributed by atoms with E-state index in [1.807, 2.05) is 67.6 Å². The van der Waals surface area contributed by atoms with Crippen molar-refractivity contribution in [3.8, 4) is 17.2 Å². The molecule has 2 aromatic carbocycles. The first-order chi connectivity index (χ1) is 13.2. The van der Waals surface area contributed by atoms with Crippen molar-refractivity contribution in [1.29, 1.82) is 10.8 Å². The Balaban J connectivity index is 1.60. The third-order valence-corrected chi connectivity index (χ3v) is 4.06. The summed E-state index contributed by atoms with van der Waals surface area (Å²) < 4.78 is 11.8. The number of hydrogen-bond donors (Lipinski definition) is 2. The van der Waals surface area contributed by atoms with Gasteiger partial charge in [0.1, 0.15) is 23.4 Å². The molecule has 0 aliphatic carbocycles. The minimum atomic E-state index is -0.0661. The fourth-order valence-corrected chi connectivity index (χ4v) is 2.57. The summed E-state index contributed by atoms with van der Waals surface area (Å²) >= 11 is 0. The van der Waals surface area contributed by atoms with Crippen LogP contribution in [0.4, 0.5) is 0 Å². The van der Waals surface area contributed by atoms with Crippen LogP contribution < -0.4 is 9.47 Å². The Kier molecular flexibility index (Phi) is 5.94. The molecule has 0 fully saturated rings. The lowest BCUT2D eigenvalue weighted by Crippen LogP contribution is -2.02. The molecular weight excluding hydrogens is 338 g/mol. The first kappa shape index (κ1) is 18.3. The summed E-state index contributed by atoms with van der Waals surface area (Å²) in [5, 5.41) is 14.9. The number of rotatable bonds is 8. The van der Waals surface area contributed by atoms with E-state index in [0.717, 1.165) is 16.9 Å². The summed E-state index contributed by atoms with van der Waals surface area (Å²) in [5.41, 5.74) is 2.28. The van der Waals surface area contributed by atoms with E-state index in [2.05, 4.69) is 4.98 Å². The van der Waals surface area contributed by atoms with Gasteiger partial charge in [-0.05, 0) is 78.7 Å². The Labute approximate surface area is 158 Å². The molecule has 2 N–H and O–H groups in total. The Bertz CT molecular complexity index is 891. The monoisotopic (exact) mass is 359 g/mol. The van der Waals surface area contributed by atoms with Crippen LogP contribution in [-0.4, -0.2) is 16.9 Å². The minimum absolute atomic E-state index is 0.0661. The molecule has 1 heterocycles. The van der Waals surface area contributed by atoms with E-state index in [0.29, 0.717) is 23.6 Å². The molecule has 27 heavy (non-hydrogen) atoms. The highest BCUT2D eigenvalue weighted by Crippen LogP contribution is 2.27. The normalized spacial score (nSPS) is 11.4. The van der Waals surface area contributed by atoms with Crippen LogP contribution in [-0.2, 0) is 0 Å². The Morgan fingerprint density at radius 2 is 1.48 bits per heavy atom. The molecule has 0 saturated carbocycles. The van der Waals surface area contributed by atoms with Crippen LogP contribution in [0.3, 0.4) is 0 Å². The maximum Gasteiger partial charge on any atom is 0.127 e. The SMILES string of the molecule is CC(Oc1ccc(Oc2ccc(C(=N)CC=N)cc2)cc1)c1ccncc1. The third kappa shape index (κ3) is 5.01. The zero-order valence-corrected chi connectivity index (χ0v) is 15.1. The Morgan fingerprint density at radius 3 is 2.07 bits per heavy atom. The number of hydrogen-bond acceptors (Lipinski definition) is 5. The topological polar surface area (TPSA) is 79.0 Å². The standard InChI is InChI=1S/C22H21N3O2/c1-16(17-11-14-25-15-12-17)26-19-6-8-21(9-7-19)27-20-4-2-18(3-5-20)22(24)10-13-23/h2-9,11-16,23-24H,10H2,1H3. The Hall–Kier alpha value is -3.47. The minimum Gasteiger partial charge on any atom is -0.486 e. The fourth-order valence-electron chi connectivity index (χ4n) is 2.57. The van der Waals surface area contributed by atoms with Crippen LogP contribution in [0.25, 0.3) is 0 Å². The second-order valence-electron chi connectivity index (χ2n) is 6.03. The van der Waals surface area contributed by atoms with Crippen molar-refractivity contribution in [2.24, 2.45) is 0 Å². The molecule has 3 rings (SSSR count). The lowest BCUT2D eigenvalue weighted by Gasteiger charge is -2.15. The molecule has 0 aliphatic heterocycles. The molecule has 1 atom stereocenters. The van der Waals surface area contributed by atoms with Crippen LogP contribution in [0.5, 0.6) is 17.2 Å². The predicted octanol–water partition coefficient (Wildman–Crippen LogP) is 5.42. The van der Waals surface area contributed by atoms with Crippen LogP contribution in [0.15, 0.2) is 73.1 Å². The first-order valence-corrected chi connectivity index (χ1v) is 8.67. The smallest absolute Gasteiger partial charge is 0.127 e. The molecule has 0 radical (unpaired) electrons. The maximum atomic E-state index is 7.85. The zero-order valence-electron chi connectivity index (χ0n) is 15.1. The van der Waals surface area contributed by atoms with Crippen LogP contribution in [0, 0.1) is 10.8 Å². The molecule has 5 heteroatoms. The van der Waals surface area contributed by atoms with Gasteiger partial charge in [0.15, 0.2) is 0 Å². The van der Waals surface area contributed by atoms with Gasteiger partial charge in [-0.2, -0.15) is 0 Å². The largest absolute Gasteiger partial charge is 0.486 e. The fraction of sp³-hybridized carbons (Fsp3) is 0.136.